The number of rotatable bonds is 7. The summed E-state index contributed by atoms with van der Waals surface area (Å²) in [5.74, 6) is -1.02. The van der Waals surface area contributed by atoms with Crippen LogP contribution in [-0.4, -0.2) is 37.9 Å². The van der Waals surface area contributed by atoms with Crippen molar-refractivity contribution in [2.24, 2.45) is 0 Å². The first-order chi connectivity index (χ1) is 13.9. The molecule has 0 saturated carbocycles. The normalized spacial score (nSPS) is 16.3. The molecule has 2 N–H and O–H groups in total. The molecule has 0 bridgehead atoms. The molecule has 1 fully saturated rings. The smallest absolute Gasteiger partial charge is 0.305 e. The largest absolute Gasteiger partial charge is 0.504 e. The quantitative estimate of drug-likeness (QED) is 0.504. The van der Waals surface area contributed by atoms with Crippen LogP contribution in [0.15, 0.2) is 53.4 Å². The molecule has 150 valence electrons. The second-order valence-corrected chi connectivity index (χ2v) is 7.91. The summed E-state index contributed by atoms with van der Waals surface area (Å²) in [6.07, 6.45) is 1.40. The Morgan fingerprint density at radius 2 is 2.00 bits per heavy atom. The minimum absolute atomic E-state index is 0.0159. The summed E-state index contributed by atoms with van der Waals surface area (Å²) in [7, 11) is 0. The summed E-state index contributed by atoms with van der Waals surface area (Å²) in [5, 5.41) is 19.2. The van der Waals surface area contributed by atoms with Gasteiger partial charge in [-0.1, -0.05) is 60.4 Å². The highest BCUT2D eigenvalue weighted by Gasteiger charge is 2.38. The number of aliphatic carboxylic acids is 1. The maximum absolute atomic E-state index is 13.1. The molecule has 1 aliphatic heterocycles. The van der Waals surface area contributed by atoms with Gasteiger partial charge in [-0.25, -0.2) is 0 Å². The Labute approximate surface area is 177 Å². The van der Waals surface area contributed by atoms with E-state index in [1.165, 1.54) is 11.0 Å². The SMILES string of the molecule is CCOc1cc(C=C2SC(=S)N(C(CC(=O)O)c3ccccc3)C2=O)ccc1O. The van der Waals surface area contributed by atoms with Crippen molar-refractivity contribution >= 4 is 46.3 Å². The molecule has 2 aromatic carbocycles. The number of ether oxygens (including phenoxy) is 1. The summed E-state index contributed by atoms with van der Waals surface area (Å²) >= 11 is 6.52. The lowest BCUT2D eigenvalue weighted by atomic mass is 10.0. The molecule has 3 rings (SSSR count). The molecule has 1 heterocycles. The van der Waals surface area contributed by atoms with Crippen molar-refractivity contribution in [2.75, 3.05) is 6.61 Å². The van der Waals surface area contributed by atoms with Gasteiger partial charge in [-0.3, -0.25) is 14.5 Å². The standard InChI is InChI=1S/C21H19NO5S2/c1-2-27-17-10-13(8-9-16(17)23)11-18-20(26)22(21(28)29-18)15(12-19(24)25)14-6-4-3-5-7-14/h3-11,15,23H,2,12H2,1H3,(H,24,25). The lowest BCUT2D eigenvalue weighted by Gasteiger charge is -2.26. The molecule has 8 heteroatoms. The van der Waals surface area contributed by atoms with Crippen LogP contribution < -0.4 is 4.74 Å². The first-order valence-electron chi connectivity index (χ1n) is 8.90. The minimum Gasteiger partial charge on any atom is -0.504 e. The first kappa shape index (κ1) is 20.9. The van der Waals surface area contributed by atoms with E-state index in [1.807, 2.05) is 13.0 Å². The zero-order valence-corrected chi connectivity index (χ0v) is 17.2. The third kappa shape index (κ3) is 4.78. The van der Waals surface area contributed by atoms with Crippen molar-refractivity contribution in [3.8, 4) is 11.5 Å². The lowest BCUT2D eigenvalue weighted by molar-refractivity contribution is -0.138. The minimum atomic E-state index is -1.02. The Morgan fingerprint density at radius 3 is 2.66 bits per heavy atom. The van der Waals surface area contributed by atoms with Crippen LogP contribution in [-0.2, 0) is 9.59 Å². The molecule has 1 saturated heterocycles. The van der Waals surface area contributed by atoms with Gasteiger partial charge in [-0.15, -0.1) is 0 Å². The van der Waals surface area contributed by atoms with Gasteiger partial charge in [-0.2, -0.15) is 0 Å². The van der Waals surface area contributed by atoms with E-state index in [9.17, 15) is 19.8 Å². The van der Waals surface area contributed by atoms with Crippen molar-refractivity contribution in [1.82, 2.24) is 4.90 Å². The summed E-state index contributed by atoms with van der Waals surface area (Å²) in [6.45, 7) is 2.20. The van der Waals surface area contributed by atoms with Crippen LogP contribution in [0.2, 0.25) is 0 Å². The molecule has 0 radical (unpaired) electrons. The molecular weight excluding hydrogens is 410 g/mol. The monoisotopic (exact) mass is 429 g/mol. The topological polar surface area (TPSA) is 87.1 Å². The predicted molar refractivity (Wildman–Crippen MR) is 116 cm³/mol. The van der Waals surface area contributed by atoms with E-state index in [4.69, 9.17) is 17.0 Å². The number of carbonyl (C=O) groups is 2. The van der Waals surface area contributed by atoms with Gasteiger partial charge in [0.05, 0.1) is 24.0 Å². The van der Waals surface area contributed by atoms with Gasteiger partial charge in [0.25, 0.3) is 5.91 Å². The molecule has 0 spiro atoms. The van der Waals surface area contributed by atoms with Crippen LogP contribution in [0.3, 0.4) is 0 Å². The maximum atomic E-state index is 13.1. The Morgan fingerprint density at radius 1 is 1.28 bits per heavy atom. The summed E-state index contributed by atoms with van der Waals surface area (Å²) in [6, 6.07) is 13.1. The number of phenols is 1. The van der Waals surface area contributed by atoms with Crippen LogP contribution in [0.5, 0.6) is 11.5 Å². The Balaban J connectivity index is 1.93. The van der Waals surface area contributed by atoms with Gasteiger partial charge < -0.3 is 14.9 Å². The van der Waals surface area contributed by atoms with Crippen molar-refractivity contribution < 1.29 is 24.5 Å². The molecule has 0 aliphatic carbocycles. The third-order valence-electron chi connectivity index (χ3n) is 4.27. The molecule has 1 atom stereocenters. The summed E-state index contributed by atoms with van der Waals surface area (Å²) < 4.78 is 5.68. The number of carboxylic acids is 1. The Kier molecular flexibility index (Phi) is 6.56. The van der Waals surface area contributed by atoms with Crippen LogP contribution >= 0.6 is 24.0 Å². The van der Waals surface area contributed by atoms with Crippen molar-refractivity contribution in [3.05, 3.63) is 64.6 Å². The van der Waals surface area contributed by atoms with Gasteiger partial charge in [0.15, 0.2) is 11.5 Å². The Bertz CT molecular complexity index is 974. The van der Waals surface area contributed by atoms with Crippen LogP contribution in [0.1, 0.15) is 30.5 Å². The molecule has 29 heavy (non-hydrogen) atoms. The average molecular weight is 430 g/mol. The predicted octanol–water partition coefficient (Wildman–Crippen LogP) is 4.21. The summed E-state index contributed by atoms with van der Waals surface area (Å²) in [4.78, 5) is 26.2. The molecule has 1 amide bonds. The molecule has 1 unspecified atom stereocenters. The number of carbonyl (C=O) groups excluding carboxylic acids is 1. The number of aromatic hydroxyl groups is 1. The van der Waals surface area contributed by atoms with Gasteiger partial charge >= 0.3 is 5.97 Å². The van der Waals surface area contributed by atoms with Crippen LogP contribution in [0, 0.1) is 0 Å². The van der Waals surface area contributed by atoms with Crippen LogP contribution in [0.25, 0.3) is 6.08 Å². The van der Waals surface area contributed by atoms with E-state index < -0.39 is 12.0 Å². The highest BCUT2D eigenvalue weighted by molar-refractivity contribution is 8.26. The number of thiocarbonyl (C=S) groups is 1. The van der Waals surface area contributed by atoms with Crippen LogP contribution in [0.4, 0.5) is 0 Å². The van der Waals surface area contributed by atoms with E-state index in [0.29, 0.717) is 32.7 Å². The number of benzene rings is 2. The number of hydrogen-bond acceptors (Lipinski definition) is 6. The number of amides is 1. The number of phenolic OH excluding ortho intramolecular Hbond substituents is 1. The van der Waals surface area contributed by atoms with Gasteiger partial charge in [0.1, 0.15) is 4.32 Å². The number of carboxylic acid groups (broad SMARTS) is 1. The molecule has 2 aromatic rings. The van der Waals surface area contributed by atoms with Gasteiger partial charge in [0.2, 0.25) is 0 Å². The fourth-order valence-corrected chi connectivity index (χ4v) is 4.35. The number of nitrogens with zero attached hydrogens (tertiary/aromatic N) is 1. The summed E-state index contributed by atoms with van der Waals surface area (Å²) in [5.41, 5.74) is 1.37. The van der Waals surface area contributed by atoms with Crippen molar-refractivity contribution in [3.63, 3.8) is 0 Å². The third-order valence-corrected chi connectivity index (χ3v) is 5.60. The number of hydrogen-bond donors (Lipinski definition) is 2. The average Bonchev–Trinajstić information content (AvgIpc) is 2.96. The highest BCUT2D eigenvalue weighted by atomic mass is 32.2. The second kappa shape index (κ2) is 9.11. The fourth-order valence-electron chi connectivity index (χ4n) is 2.99. The molecule has 1 aliphatic rings. The first-order valence-corrected chi connectivity index (χ1v) is 10.1. The zero-order valence-electron chi connectivity index (χ0n) is 15.6. The highest BCUT2D eigenvalue weighted by Crippen LogP contribution is 2.40. The van der Waals surface area contributed by atoms with E-state index in [0.717, 1.165) is 11.8 Å². The van der Waals surface area contributed by atoms with Gasteiger partial charge in [-0.05, 0) is 36.3 Å². The second-order valence-electron chi connectivity index (χ2n) is 6.24. The number of thioether (sulfide) groups is 1. The lowest BCUT2D eigenvalue weighted by Crippen LogP contribution is -2.34. The maximum Gasteiger partial charge on any atom is 0.305 e. The Hall–Kier alpha value is -2.84. The van der Waals surface area contributed by atoms with E-state index >= 15 is 0 Å². The molecule has 0 aromatic heterocycles. The van der Waals surface area contributed by atoms with Crippen molar-refractivity contribution in [2.45, 2.75) is 19.4 Å². The van der Waals surface area contributed by atoms with Gasteiger partial charge in [0, 0.05) is 0 Å². The fraction of sp³-hybridized carbons (Fsp3) is 0.190. The molecular formula is C21H19NO5S2. The van der Waals surface area contributed by atoms with E-state index in [1.54, 1.807) is 42.5 Å². The van der Waals surface area contributed by atoms with Crippen molar-refractivity contribution in [1.29, 1.82) is 0 Å². The molecule has 6 nitrogen and oxygen atoms in total. The zero-order chi connectivity index (χ0) is 21.0. The van der Waals surface area contributed by atoms with E-state index in [-0.39, 0.29) is 18.1 Å². The van der Waals surface area contributed by atoms with E-state index in [2.05, 4.69) is 0 Å².